The molecular weight excluding hydrogens is 518 g/mol. The third kappa shape index (κ3) is 4.02. The van der Waals surface area contributed by atoms with E-state index in [1.165, 1.54) is 0 Å². The Morgan fingerprint density at radius 2 is 1.87 bits per heavy atom. The zero-order valence-corrected chi connectivity index (χ0v) is 21.4. The van der Waals surface area contributed by atoms with Crippen molar-refractivity contribution in [3.05, 3.63) is 118 Å². The molecule has 2 aromatic carbocycles. The topological polar surface area (TPSA) is 105 Å². The van der Waals surface area contributed by atoms with Crippen molar-refractivity contribution in [2.75, 3.05) is 0 Å². The van der Waals surface area contributed by atoms with Crippen LogP contribution in [0, 0.1) is 6.92 Å². The molecule has 1 aliphatic rings. The van der Waals surface area contributed by atoms with Gasteiger partial charge in [0.1, 0.15) is 12.1 Å². The van der Waals surface area contributed by atoms with Gasteiger partial charge in [0.05, 0.1) is 40.9 Å². The normalized spacial score (nSPS) is 14.4. The molecule has 39 heavy (non-hydrogen) atoms. The number of nitrogens with zero attached hydrogens (tertiary/aromatic N) is 7. The summed E-state index contributed by atoms with van der Waals surface area (Å²) >= 11 is 6.17. The van der Waals surface area contributed by atoms with Crippen LogP contribution in [0.15, 0.2) is 88.9 Å². The molecule has 1 unspecified atom stereocenters. The fraction of sp³-hybridized carbons (Fsp3) is 0.107. The van der Waals surface area contributed by atoms with Crippen molar-refractivity contribution < 1.29 is 14.0 Å². The smallest absolute Gasteiger partial charge is 0.230 e. The minimum Gasteiger partial charge on any atom is -0.468 e. The fourth-order valence-corrected chi connectivity index (χ4v) is 4.92. The van der Waals surface area contributed by atoms with Crippen LogP contribution in [0.5, 0.6) is 11.8 Å². The van der Waals surface area contributed by atoms with Gasteiger partial charge in [0.2, 0.25) is 11.8 Å². The summed E-state index contributed by atoms with van der Waals surface area (Å²) in [6, 6.07) is 21.0. The van der Waals surface area contributed by atoms with Crippen LogP contribution in [0.25, 0.3) is 11.3 Å². The molecule has 0 radical (unpaired) electrons. The number of para-hydroxylation sites is 1. The third-order valence-electron chi connectivity index (χ3n) is 6.46. The van der Waals surface area contributed by atoms with Crippen molar-refractivity contribution in [1.82, 2.24) is 29.4 Å². The fourth-order valence-electron chi connectivity index (χ4n) is 4.74. The van der Waals surface area contributed by atoms with Crippen molar-refractivity contribution in [2.24, 2.45) is 5.16 Å². The Morgan fingerprint density at radius 1 is 1.03 bits per heavy atom. The van der Waals surface area contributed by atoms with Gasteiger partial charge in [-0.15, -0.1) is 5.10 Å². The molecule has 0 saturated carbocycles. The monoisotopic (exact) mass is 537 g/mol. The SMILES string of the molecule is Cc1nn(-c2ccccc2)c2c1C(c1ccco1)c1c(ncn3nc(CON=Cc4ccccc4Cl)nc13)O2. The molecule has 192 valence electrons. The average molecular weight is 538 g/mol. The summed E-state index contributed by atoms with van der Waals surface area (Å²) in [5, 5.41) is 14.0. The summed E-state index contributed by atoms with van der Waals surface area (Å²) in [6.45, 7) is 2.01. The number of benzene rings is 2. The van der Waals surface area contributed by atoms with Crippen LogP contribution < -0.4 is 4.74 Å². The number of oxime groups is 1. The van der Waals surface area contributed by atoms with Gasteiger partial charge in [0, 0.05) is 10.6 Å². The molecule has 7 rings (SSSR count). The van der Waals surface area contributed by atoms with E-state index in [1.54, 1.807) is 34.1 Å². The number of hydrogen-bond donors (Lipinski definition) is 0. The van der Waals surface area contributed by atoms with E-state index in [4.69, 9.17) is 35.7 Å². The van der Waals surface area contributed by atoms with E-state index in [0.29, 0.717) is 28.3 Å². The summed E-state index contributed by atoms with van der Waals surface area (Å²) in [4.78, 5) is 14.8. The molecule has 1 atom stereocenters. The standard InChI is InChI=1S/C28H20ClN7O3/c1-17-23-24(21-12-7-13-37-21)25-26-32-22(15-38-31-14-18-8-5-6-11-20(18)29)34-35(26)16-30-27(25)39-28(23)36(33-17)19-9-3-2-4-10-19/h2-14,16,24H,15H2,1H3. The maximum Gasteiger partial charge on any atom is 0.230 e. The Labute approximate surface area is 227 Å². The summed E-state index contributed by atoms with van der Waals surface area (Å²) in [6.07, 6.45) is 4.77. The van der Waals surface area contributed by atoms with Crippen LogP contribution in [-0.4, -0.2) is 35.6 Å². The van der Waals surface area contributed by atoms with E-state index in [-0.39, 0.29) is 12.5 Å². The van der Waals surface area contributed by atoms with Gasteiger partial charge in [0.15, 0.2) is 18.1 Å². The van der Waals surface area contributed by atoms with Crippen molar-refractivity contribution in [1.29, 1.82) is 0 Å². The molecule has 0 fully saturated rings. The van der Waals surface area contributed by atoms with Crippen molar-refractivity contribution in [2.45, 2.75) is 19.4 Å². The molecule has 10 nitrogen and oxygen atoms in total. The van der Waals surface area contributed by atoms with Gasteiger partial charge in [-0.2, -0.15) is 5.10 Å². The highest BCUT2D eigenvalue weighted by Crippen LogP contribution is 2.49. The first kappa shape index (κ1) is 23.2. The van der Waals surface area contributed by atoms with E-state index < -0.39 is 0 Å². The molecule has 4 aromatic heterocycles. The molecule has 0 bridgehead atoms. The van der Waals surface area contributed by atoms with Crippen molar-refractivity contribution in [3.8, 4) is 17.4 Å². The highest BCUT2D eigenvalue weighted by atomic mass is 35.5. The van der Waals surface area contributed by atoms with Crippen LogP contribution in [0.4, 0.5) is 0 Å². The molecule has 1 aliphatic heterocycles. The van der Waals surface area contributed by atoms with Crippen LogP contribution in [-0.2, 0) is 11.4 Å². The minimum atomic E-state index is -0.358. The lowest BCUT2D eigenvalue weighted by atomic mass is 9.88. The molecule has 0 N–H and O–H groups in total. The Balaban J connectivity index is 1.28. The number of halogens is 1. The Kier molecular flexibility index (Phi) is 5.59. The second-order valence-corrected chi connectivity index (χ2v) is 9.30. The summed E-state index contributed by atoms with van der Waals surface area (Å²) in [5.74, 6) is 1.79. The highest BCUT2D eigenvalue weighted by Gasteiger charge is 2.39. The molecule has 0 amide bonds. The van der Waals surface area contributed by atoms with E-state index in [2.05, 4.69) is 15.2 Å². The van der Waals surface area contributed by atoms with E-state index in [0.717, 1.165) is 33.8 Å². The van der Waals surface area contributed by atoms with Gasteiger partial charge in [-0.1, -0.05) is 53.2 Å². The van der Waals surface area contributed by atoms with Crippen LogP contribution in [0.1, 0.15) is 39.9 Å². The maximum atomic E-state index is 6.39. The summed E-state index contributed by atoms with van der Waals surface area (Å²) < 4.78 is 15.7. The van der Waals surface area contributed by atoms with Crippen LogP contribution in [0.3, 0.4) is 0 Å². The average Bonchev–Trinajstić information content (AvgIpc) is 3.71. The van der Waals surface area contributed by atoms with Gasteiger partial charge in [-0.25, -0.2) is 19.2 Å². The third-order valence-corrected chi connectivity index (χ3v) is 6.80. The number of rotatable bonds is 6. The second kappa shape index (κ2) is 9.41. The zero-order chi connectivity index (χ0) is 26.3. The molecular formula is C28H20ClN7O3. The molecule has 0 spiro atoms. The molecule has 11 heteroatoms. The molecule has 0 aliphatic carbocycles. The predicted molar refractivity (Wildman–Crippen MR) is 143 cm³/mol. The number of fused-ring (bicyclic) bond motifs is 4. The predicted octanol–water partition coefficient (Wildman–Crippen LogP) is 5.70. The van der Waals surface area contributed by atoms with Crippen molar-refractivity contribution in [3.63, 3.8) is 0 Å². The summed E-state index contributed by atoms with van der Waals surface area (Å²) in [5.41, 5.74) is 4.62. The summed E-state index contributed by atoms with van der Waals surface area (Å²) in [7, 11) is 0. The number of hydrogen-bond acceptors (Lipinski definition) is 8. The first-order chi connectivity index (χ1) is 19.2. The van der Waals surface area contributed by atoms with Crippen molar-refractivity contribution >= 4 is 23.5 Å². The first-order valence-electron chi connectivity index (χ1n) is 12.2. The minimum absolute atomic E-state index is 0.0555. The molecule has 5 heterocycles. The van der Waals surface area contributed by atoms with Gasteiger partial charge < -0.3 is 14.0 Å². The highest BCUT2D eigenvalue weighted by molar-refractivity contribution is 6.33. The van der Waals surface area contributed by atoms with Gasteiger partial charge in [0.25, 0.3) is 0 Å². The van der Waals surface area contributed by atoms with E-state index in [1.807, 2.05) is 67.6 Å². The van der Waals surface area contributed by atoms with Gasteiger partial charge in [-0.3, -0.25) is 0 Å². The zero-order valence-electron chi connectivity index (χ0n) is 20.6. The first-order valence-corrected chi connectivity index (χ1v) is 12.6. The largest absolute Gasteiger partial charge is 0.468 e. The lowest BCUT2D eigenvalue weighted by Gasteiger charge is -2.24. The van der Waals surface area contributed by atoms with Gasteiger partial charge in [-0.05, 0) is 37.3 Å². The Bertz CT molecular complexity index is 1830. The number of aryl methyl sites for hydroxylation is 1. The molecule has 0 saturated heterocycles. The maximum absolute atomic E-state index is 6.39. The Hall–Kier alpha value is -4.96. The van der Waals surface area contributed by atoms with E-state index >= 15 is 0 Å². The lowest BCUT2D eigenvalue weighted by Crippen LogP contribution is -2.15. The number of furan rings is 1. The van der Waals surface area contributed by atoms with Crippen LogP contribution >= 0.6 is 11.6 Å². The van der Waals surface area contributed by atoms with Crippen LogP contribution in [0.2, 0.25) is 5.02 Å². The lowest BCUT2D eigenvalue weighted by molar-refractivity contribution is 0.126. The number of aromatic nitrogens is 6. The quantitative estimate of drug-likeness (QED) is 0.198. The number of ether oxygens (including phenoxy) is 1. The Morgan fingerprint density at radius 3 is 2.69 bits per heavy atom. The molecule has 6 aromatic rings. The van der Waals surface area contributed by atoms with E-state index in [9.17, 15) is 0 Å². The second-order valence-electron chi connectivity index (χ2n) is 8.89. The van der Waals surface area contributed by atoms with Gasteiger partial charge >= 0.3 is 0 Å².